The third kappa shape index (κ3) is 1.35. The molecule has 1 heterocycles. The lowest BCUT2D eigenvalue weighted by Gasteiger charge is -2.01. The molecule has 1 aliphatic rings. The summed E-state index contributed by atoms with van der Waals surface area (Å²) < 4.78 is 12.1. The van der Waals surface area contributed by atoms with Crippen LogP contribution in [0.5, 0.6) is 0 Å². The molecule has 7 heavy (non-hydrogen) atoms. The van der Waals surface area contributed by atoms with Crippen molar-refractivity contribution in [1.82, 2.24) is 0 Å². The van der Waals surface area contributed by atoms with E-state index in [2.05, 4.69) is 0 Å². The molecule has 0 aromatic rings. The Labute approximate surface area is 49.8 Å². The summed E-state index contributed by atoms with van der Waals surface area (Å²) >= 11 is 1.58. The van der Waals surface area contributed by atoms with Crippen LogP contribution in [-0.2, 0) is 4.74 Å². The summed E-state index contributed by atoms with van der Waals surface area (Å²) in [6.45, 7) is 0.900. The highest BCUT2D eigenvalue weighted by atomic mass is 32.2. The fourth-order valence-electron chi connectivity index (χ4n) is 0.680. The molecule has 0 spiro atoms. The summed E-state index contributed by atoms with van der Waals surface area (Å²) in [6.07, 6.45) is 2.76. The van der Waals surface area contributed by atoms with Gasteiger partial charge in [-0.05, 0) is 19.1 Å². The van der Waals surface area contributed by atoms with E-state index < -0.39 is 0 Å². The average molecular weight is 119 g/mol. The van der Waals surface area contributed by atoms with E-state index in [0.717, 1.165) is 13.0 Å². The normalized spacial score (nSPS) is 33.1. The van der Waals surface area contributed by atoms with Crippen LogP contribution in [0.15, 0.2) is 0 Å². The van der Waals surface area contributed by atoms with Gasteiger partial charge in [0.2, 0.25) is 0 Å². The van der Waals surface area contributed by atoms with Gasteiger partial charge >= 0.3 is 0 Å². The van der Waals surface area contributed by atoms with Crippen molar-refractivity contribution in [2.75, 3.05) is 12.8 Å². The second kappa shape index (κ2) is 2.58. The largest absolute Gasteiger partial charge is 0.368 e. The highest BCUT2D eigenvalue weighted by Gasteiger charge is 2.12. The highest BCUT2D eigenvalue weighted by molar-refractivity contribution is 7.99. The van der Waals surface area contributed by atoms with Crippen LogP contribution in [-0.4, -0.2) is 18.3 Å². The summed E-state index contributed by atoms with van der Waals surface area (Å²) in [6, 6.07) is 0. The first-order valence-electron chi connectivity index (χ1n) is 3.16. The molecule has 1 aliphatic heterocycles. The van der Waals surface area contributed by atoms with Gasteiger partial charge in [0.25, 0.3) is 0 Å². The topological polar surface area (TPSA) is 9.23 Å². The van der Waals surface area contributed by atoms with E-state index in [0.29, 0.717) is 11.7 Å². The molecule has 1 nitrogen and oxygen atoms in total. The number of ether oxygens (including phenoxy) is 1. The summed E-state index contributed by atoms with van der Waals surface area (Å²) in [5, 5.41) is 0. The van der Waals surface area contributed by atoms with Crippen LogP contribution in [0.25, 0.3) is 0 Å². The molecule has 0 aliphatic carbocycles. The first kappa shape index (κ1) is 4.21. The van der Waals surface area contributed by atoms with E-state index >= 15 is 0 Å². The molecule has 0 radical (unpaired) electrons. The molecule has 1 unspecified atom stereocenters. The van der Waals surface area contributed by atoms with Crippen LogP contribution in [0.3, 0.4) is 0 Å². The zero-order valence-electron chi connectivity index (χ0n) is 5.22. The van der Waals surface area contributed by atoms with Gasteiger partial charge in [0, 0.05) is 7.98 Å². The Hall–Kier alpha value is 0.310. The summed E-state index contributed by atoms with van der Waals surface area (Å²) in [4.78, 5) is 0. The maximum atomic E-state index is 6.85. The van der Waals surface area contributed by atoms with Gasteiger partial charge in [0.15, 0.2) is 0 Å². The maximum Gasteiger partial charge on any atom is 0.103 e. The van der Waals surface area contributed by atoms with Crippen LogP contribution in [0.4, 0.5) is 0 Å². The molecule has 1 atom stereocenters. The van der Waals surface area contributed by atoms with Crippen LogP contribution >= 0.6 is 11.8 Å². The lowest BCUT2D eigenvalue weighted by molar-refractivity contribution is 0.174. The van der Waals surface area contributed by atoms with Gasteiger partial charge in [-0.15, -0.1) is 11.8 Å². The number of hydrogen-bond acceptors (Lipinski definition) is 2. The number of rotatable bonds is 1. The molecular weight excluding hydrogens is 108 g/mol. The Morgan fingerprint density at radius 3 is 3.57 bits per heavy atom. The molecule has 0 aromatic carbocycles. The summed E-state index contributed by atoms with van der Waals surface area (Å²) in [5.41, 5.74) is 0.340. The van der Waals surface area contributed by atoms with Crippen molar-refractivity contribution in [1.29, 1.82) is 0 Å². The molecule has 2 heteroatoms. The molecule has 0 N–H and O–H groups in total. The first-order valence-corrected chi connectivity index (χ1v) is 3.51. The van der Waals surface area contributed by atoms with Crippen LogP contribution in [0.2, 0.25) is 0 Å². The standard InChI is InChI=1S/C5H10OS/c1-7-5-3-2-4-6-5/h5H,2-4H2,1H3/i1D. The van der Waals surface area contributed by atoms with E-state index in [-0.39, 0.29) is 0 Å². The smallest absolute Gasteiger partial charge is 0.103 e. The van der Waals surface area contributed by atoms with E-state index in [1.54, 1.807) is 11.8 Å². The second-order valence-corrected chi connectivity index (χ2v) is 2.47. The monoisotopic (exact) mass is 119 g/mol. The predicted molar refractivity (Wildman–Crippen MR) is 32.5 cm³/mol. The van der Waals surface area contributed by atoms with E-state index in [4.69, 9.17) is 6.11 Å². The van der Waals surface area contributed by atoms with Crippen molar-refractivity contribution in [3.05, 3.63) is 0 Å². The van der Waals surface area contributed by atoms with Crippen LogP contribution < -0.4 is 0 Å². The number of thioether (sulfide) groups is 1. The van der Waals surface area contributed by atoms with Crippen molar-refractivity contribution in [3.8, 4) is 0 Å². The molecule has 0 amide bonds. The molecular formula is C5H10OS. The molecule has 0 bridgehead atoms. The van der Waals surface area contributed by atoms with Gasteiger partial charge in [-0.3, -0.25) is 0 Å². The summed E-state index contributed by atoms with van der Waals surface area (Å²) in [5.74, 6) is 0. The van der Waals surface area contributed by atoms with Gasteiger partial charge in [0.1, 0.15) is 5.44 Å². The van der Waals surface area contributed by atoms with Gasteiger partial charge in [-0.2, -0.15) is 0 Å². The predicted octanol–water partition coefficient (Wildman–Crippen LogP) is 1.49. The molecule has 0 saturated carbocycles. The van der Waals surface area contributed by atoms with Crippen molar-refractivity contribution in [3.63, 3.8) is 0 Å². The van der Waals surface area contributed by atoms with Gasteiger partial charge < -0.3 is 4.74 Å². The Morgan fingerprint density at radius 1 is 2.00 bits per heavy atom. The van der Waals surface area contributed by atoms with Crippen LogP contribution in [0.1, 0.15) is 14.2 Å². The van der Waals surface area contributed by atoms with Crippen molar-refractivity contribution >= 4 is 11.8 Å². The molecule has 0 aromatic heterocycles. The van der Waals surface area contributed by atoms with Gasteiger partial charge in [-0.25, -0.2) is 0 Å². The third-order valence-corrected chi connectivity index (χ3v) is 1.82. The Balaban J connectivity index is 2.06. The summed E-state index contributed by atoms with van der Waals surface area (Å²) in [7, 11) is 0. The fourth-order valence-corrected chi connectivity index (χ4v) is 1.21. The average Bonchev–Trinajstić information content (AvgIpc) is 2.19. The highest BCUT2D eigenvalue weighted by Crippen LogP contribution is 2.20. The van der Waals surface area contributed by atoms with E-state index in [9.17, 15) is 0 Å². The second-order valence-electron chi connectivity index (χ2n) is 1.61. The maximum absolute atomic E-state index is 6.85. The number of hydrogen-bond donors (Lipinski definition) is 0. The Kier molecular flexibility index (Phi) is 1.55. The lowest BCUT2D eigenvalue weighted by Crippen LogP contribution is -1.95. The minimum absolute atomic E-state index is 0.340. The Morgan fingerprint density at radius 2 is 3.00 bits per heavy atom. The molecule has 1 fully saturated rings. The minimum atomic E-state index is 0.340. The zero-order chi connectivity index (χ0) is 5.82. The molecule has 42 valence electrons. The van der Waals surface area contributed by atoms with Crippen molar-refractivity contribution < 1.29 is 6.11 Å². The Bertz CT molecular complexity index is 63.4. The fraction of sp³-hybridized carbons (Fsp3) is 1.00. The molecule has 1 saturated heterocycles. The minimum Gasteiger partial charge on any atom is -0.368 e. The van der Waals surface area contributed by atoms with E-state index in [1.165, 1.54) is 6.42 Å². The molecule has 1 rings (SSSR count). The van der Waals surface area contributed by atoms with Crippen LogP contribution in [0, 0.1) is 0 Å². The lowest BCUT2D eigenvalue weighted by atomic mass is 10.4. The zero-order valence-corrected chi connectivity index (χ0v) is 5.04. The first-order chi connectivity index (χ1) is 3.93. The van der Waals surface area contributed by atoms with Crippen molar-refractivity contribution in [2.24, 2.45) is 0 Å². The SMILES string of the molecule is [2H]CSC1CCCO1. The van der Waals surface area contributed by atoms with Crippen molar-refractivity contribution in [2.45, 2.75) is 18.3 Å². The quantitative estimate of drug-likeness (QED) is 0.517. The van der Waals surface area contributed by atoms with Gasteiger partial charge in [-0.1, -0.05) is 0 Å². The third-order valence-electron chi connectivity index (χ3n) is 1.07. The van der Waals surface area contributed by atoms with E-state index in [1.807, 2.05) is 0 Å². The van der Waals surface area contributed by atoms with Gasteiger partial charge in [0.05, 0.1) is 0 Å².